The minimum absolute atomic E-state index is 0.00240. The highest BCUT2D eigenvalue weighted by molar-refractivity contribution is 6.36. The molecule has 0 atom stereocenters. The third-order valence-electron chi connectivity index (χ3n) is 14.0. The van der Waals surface area contributed by atoms with Gasteiger partial charge in [0.05, 0.1) is 22.1 Å². The summed E-state index contributed by atoms with van der Waals surface area (Å²) in [7, 11) is 0. The van der Waals surface area contributed by atoms with Crippen molar-refractivity contribution in [2.75, 3.05) is 0 Å². The van der Waals surface area contributed by atoms with E-state index in [4.69, 9.17) is 19.4 Å². The Morgan fingerprint density at radius 1 is 0.429 bits per heavy atom. The van der Waals surface area contributed by atoms with Crippen LogP contribution >= 0.6 is 0 Å². The summed E-state index contributed by atoms with van der Waals surface area (Å²) in [6.07, 6.45) is 2.23. The zero-order valence-corrected chi connectivity index (χ0v) is 35.6. The lowest BCUT2D eigenvalue weighted by atomic mass is 9.63. The number of aromatic nitrogens is 5. The fraction of sp³-hybridized carbons (Fsp3) is 0.140. The molecule has 1 aliphatic rings. The first-order valence-corrected chi connectivity index (χ1v) is 22.0. The molecule has 0 saturated heterocycles. The lowest BCUT2D eigenvalue weighted by Crippen LogP contribution is -2.33. The van der Waals surface area contributed by atoms with E-state index in [-0.39, 0.29) is 10.8 Å². The first kappa shape index (κ1) is 36.1. The summed E-state index contributed by atoms with van der Waals surface area (Å²) in [6, 6.07) is 58.4. The van der Waals surface area contributed by atoms with Gasteiger partial charge in [0, 0.05) is 49.1 Å². The van der Waals surface area contributed by atoms with Crippen molar-refractivity contribution in [3.8, 4) is 34.4 Å². The number of rotatable bonds is 4. The van der Waals surface area contributed by atoms with Gasteiger partial charge in [-0.25, -0.2) is 4.98 Å². The van der Waals surface area contributed by atoms with Gasteiger partial charge in [-0.3, -0.25) is 4.57 Å². The molecule has 302 valence electrons. The monoisotopic (exact) mass is 813 g/mol. The van der Waals surface area contributed by atoms with Gasteiger partial charge in [0.1, 0.15) is 11.2 Å². The molecule has 0 amide bonds. The average Bonchev–Trinajstić information content (AvgIpc) is 3.98. The maximum atomic E-state index is 6.43. The Hall–Kier alpha value is -7.57. The Bertz CT molecular complexity index is 3850. The minimum atomic E-state index is -0.0297. The van der Waals surface area contributed by atoms with Gasteiger partial charge in [-0.15, -0.1) is 0 Å². The van der Waals surface area contributed by atoms with Crippen molar-refractivity contribution in [3.05, 3.63) is 175 Å². The Labute approximate surface area is 364 Å². The van der Waals surface area contributed by atoms with Crippen molar-refractivity contribution < 1.29 is 4.42 Å². The van der Waals surface area contributed by atoms with Crippen LogP contribution in [0.15, 0.2) is 168 Å². The van der Waals surface area contributed by atoms with E-state index in [1.165, 1.54) is 43.4 Å². The molecule has 12 aromatic rings. The van der Waals surface area contributed by atoms with Gasteiger partial charge >= 0.3 is 0 Å². The molecule has 8 aromatic carbocycles. The Kier molecular flexibility index (Phi) is 7.44. The fourth-order valence-electron chi connectivity index (χ4n) is 10.7. The van der Waals surface area contributed by atoms with E-state index < -0.39 is 0 Å². The van der Waals surface area contributed by atoms with Gasteiger partial charge in [0.15, 0.2) is 11.6 Å². The fourth-order valence-corrected chi connectivity index (χ4v) is 10.7. The van der Waals surface area contributed by atoms with Crippen molar-refractivity contribution in [1.29, 1.82) is 0 Å². The van der Waals surface area contributed by atoms with Crippen LogP contribution in [0.4, 0.5) is 0 Å². The third-order valence-corrected chi connectivity index (χ3v) is 14.0. The summed E-state index contributed by atoms with van der Waals surface area (Å²) in [5.74, 6) is 1.75. The van der Waals surface area contributed by atoms with Crippen LogP contribution in [0.1, 0.15) is 51.7 Å². The van der Waals surface area contributed by atoms with Gasteiger partial charge in [-0.1, -0.05) is 143 Å². The molecule has 0 radical (unpaired) electrons. The quantitative estimate of drug-likeness (QED) is 0.178. The first-order valence-electron chi connectivity index (χ1n) is 22.0. The van der Waals surface area contributed by atoms with Gasteiger partial charge in [0.25, 0.3) is 0 Å². The molecule has 4 aromatic heterocycles. The van der Waals surface area contributed by atoms with Crippen LogP contribution in [0.3, 0.4) is 0 Å². The maximum Gasteiger partial charge on any atom is 0.238 e. The van der Waals surface area contributed by atoms with E-state index in [9.17, 15) is 0 Å². The smallest absolute Gasteiger partial charge is 0.238 e. The van der Waals surface area contributed by atoms with Crippen LogP contribution in [-0.4, -0.2) is 24.1 Å². The molecular weight excluding hydrogens is 771 g/mol. The molecule has 0 saturated carbocycles. The lowest BCUT2D eigenvalue weighted by molar-refractivity contribution is 0.332. The van der Waals surface area contributed by atoms with Crippen molar-refractivity contribution in [2.45, 2.75) is 51.4 Å². The molecule has 0 spiro atoms. The molecule has 0 aliphatic heterocycles. The molecule has 6 nitrogen and oxygen atoms in total. The highest BCUT2D eigenvalue weighted by Gasteiger charge is 2.38. The normalized spacial score (nSPS) is 14.8. The van der Waals surface area contributed by atoms with Crippen molar-refractivity contribution in [3.63, 3.8) is 0 Å². The molecule has 1 aliphatic carbocycles. The van der Waals surface area contributed by atoms with Gasteiger partial charge in [0.2, 0.25) is 5.95 Å². The van der Waals surface area contributed by atoms with Gasteiger partial charge in [-0.05, 0) is 94.1 Å². The molecule has 0 unspecified atom stereocenters. The number of hydrogen-bond donors (Lipinski definition) is 0. The van der Waals surface area contributed by atoms with Crippen LogP contribution < -0.4 is 0 Å². The number of fused-ring (bicyclic) bond motifs is 14. The van der Waals surface area contributed by atoms with E-state index in [0.717, 1.165) is 73.7 Å². The minimum Gasteiger partial charge on any atom is -0.456 e. The number of para-hydroxylation sites is 3. The summed E-state index contributed by atoms with van der Waals surface area (Å²) in [5, 5.41) is 9.39. The van der Waals surface area contributed by atoms with Crippen molar-refractivity contribution in [1.82, 2.24) is 24.1 Å². The van der Waals surface area contributed by atoms with Crippen LogP contribution in [0.5, 0.6) is 0 Å². The second-order valence-corrected chi connectivity index (χ2v) is 18.7. The SMILES string of the molecule is CC1(C)CCC(C)(C)c2cc3c(cc21)c1c2ccccc2c2c4ccccc4n(-c4ccccc4)c2c1n3-c1nc(-c2ccccc2)nc(-c2ccc3c(c2)oc2ccccc23)n1. The number of nitrogens with zero attached hydrogens (tertiary/aromatic N) is 5. The zero-order valence-electron chi connectivity index (χ0n) is 35.6. The number of hydrogen-bond acceptors (Lipinski definition) is 4. The van der Waals surface area contributed by atoms with Crippen molar-refractivity contribution >= 4 is 76.3 Å². The van der Waals surface area contributed by atoms with Gasteiger partial charge in [-0.2, -0.15) is 9.97 Å². The third kappa shape index (κ3) is 5.21. The lowest BCUT2D eigenvalue weighted by Gasteiger charge is -2.42. The molecule has 63 heavy (non-hydrogen) atoms. The van der Waals surface area contributed by atoms with Gasteiger partial charge < -0.3 is 8.98 Å². The average molecular weight is 814 g/mol. The Balaban J connectivity index is 1.25. The number of benzene rings is 8. The summed E-state index contributed by atoms with van der Waals surface area (Å²) < 4.78 is 11.3. The molecule has 13 rings (SSSR count). The Morgan fingerprint density at radius 3 is 1.71 bits per heavy atom. The maximum absolute atomic E-state index is 6.43. The molecular formula is C57H43N5O. The summed E-state index contributed by atoms with van der Waals surface area (Å²) >= 11 is 0. The predicted molar refractivity (Wildman–Crippen MR) is 259 cm³/mol. The molecule has 0 N–H and O–H groups in total. The predicted octanol–water partition coefficient (Wildman–Crippen LogP) is 14.8. The van der Waals surface area contributed by atoms with E-state index >= 15 is 0 Å². The highest BCUT2D eigenvalue weighted by atomic mass is 16.3. The van der Waals surface area contributed by atoms with Crippen LogP contribution in [0.2, 0.25) is 0 Å². The van der Waals surface area contributed by atoms with Crippen LogP contribution in [-0.2, 0) is 10.8 Å². The van der Waals surface area contributed by atoms with Crippen LogP contribution in [0.25, 0.3) is 111 Å². The molecule has 6 heteroatoms. The van der Waals surface area contributed by atoms with E-state index in [0.29, 0.717) is 17.6 Å². The largest absolute Gasteiger partial charge is 0.456 e. The van der Waals surface area contributed by atoms with Crippen molar-refractivity contribution in [2.24, 2.45) is 0 Å². The van der Waals surface area contributed by atoms with E-state index in [1.807, 2.05) is 30.3 Å². The second kappa shape index (κ2) is 13.0. The highest BCUT2D eigenvalue weighted by Crippen LogP contribution is 2.51. The first-order chi connectivity index (χ1) is 30.7. The van der Waals surface area contributed by atoms with E-state index in [2.05, 4.69) is 170 Å². The molecule has 0 fully saturated rings. The second-order valence-electron chi connectivity index (χ2n) is 18.7. The molecule has 4 heterocycles. The zero-order chi connectivity index (χ0) is 42.2. The molecule has 0 bridgehead atoms. The standard InChI is InChI=1S/C57H43N5O/c1-56(2)29-30-57(3,4)44-33-46-42(32-43(44)56)50-40-23-12-11-22-39(40)49-41-24-13-15-25-45(41)61(36-19-9-6-10-20-36)51(49)52(50)62(46)55-59-53(34-17-7-5-8-18-34)58-54(60-55)35-27-28-38-37-21-14-16-26-47(37)63-48(38)31-35/h5-28,31-33H,29-30H2,1-4H3. The number of furan rings is 1. The van der Waals surface area contributed by atoms with E-state index in [1.54, 1.807) is 0 Å². The summed E-state index contributed by atoms with van der Waals surface area (Å²) in [4.78, 5) is 16.3. The summed E-state index contributed by atoms with van der Waals surface area (Å²) in [6.45, 7) is 9.64. The van der Waals surface area contributed by atoms with Crippen LogP contribution in [0, 0.1) is 0 Å². The Morgan fingerprint density at radius 2 is 0.984 bits per heavy atom. The topological polar surface area (TPSA) is 61.7 Å². The summed E-state index contributed by atoms with van der Waals surface area (Å²) in [5.41, 5.74) is 11.7.